The van der Waals surface area contributed by atoms with Crippen LogP contribution in [0.25, 0.3) is 0 Å². The lowest BCUT2D eigenvalue weighted by molar-refractivity contribution is -0.0885. The van der Waals surface area contributed by atoms with Crippen LogP contribution in [0.2, 0.25) is 0 Å². The number of aliphatic imine (C=N–C) groups is 1. The minimum atomic E-state index is -4.89. The fourth-order valence-electron chi connectivity index (χ4n) is 2.29. The van der Waals surface area contributed by atoms with Crippen molar-refractivity contribution in [3.05, 3.63) is 59.6 Å². The quantitative estimate of drug-likeness (QED) is 0.408. The van der Waals surface area contributed by atoms with E-state index in [9.17, 15) is 18.0 Å². The summed E-state index contributed by atoms with van der Waals surface area (Å²) in [6.45, 7) is 7.93. The summed E-state index contributed by atoms with van der Waals surface area (Å²) in [6, 6.07) is 5.45. The van der Waals surface area contributed by atoms with Crippen molar-refractivity contribution in [2.24, 2.45) is 4.99 Å². The third-order valence-electron chi connectivity index (χ3n) is 3.53. The molecule has 0 saturated carbocycles. The molecule has 0 spiro atoms. The Morgan fingerprint density at radius 1 is 1.27 bits per heavy atom. The molecular formula is C19H24F3N3O. The molecule has 0 fully saturated rings. The number of benzene rings is 1. The van der Waals surface area contributed by atoms with Crippen LogP contribution in [0.5, 0.6) is 0 Å². The first-order valence-electron chi connectivity index (χ1n) is 8.29. The van der Waals surface area contributed by atoms with Gasteiger partial charge in [-0.05, 0) is 24.5 Å². The van der Waals surface area contributed by atoms with Gasteiger partial charge < -0.3 is 10.6 Å². The lowest BCUT2D eigenvalue weighted by Crippen LogP contribution is -2.31. The van der Waals surface area contributed by atoms with Crippen molar-refractivity contribution < 1.29 is 18.0 Å². The number of carbonyl (C=O) groups excluding carboxylic acids is 1. The zero-order valence-electron chi connectivity index (χ0n) is 15.2. The Kier molecular flexibility index (Phi) is 8.09. The largest absolute Gasteiger partial charge is 0.454 e. The molecule has 0 heterocycles. The molecule has 0 amide bonds. The summed E-state index contributed by atoms with van der Waals surface area (Å²) in [4.78, 5) is 15.5. The number of alkyl halides is 3. The van der Waals surface area contributed by atoms with Gasteiger partial charge in [0.2, 0.25) is 0 Å². The minimum absolute atomic E-state index is 0.245. The van der Waals surface area contributed by atoms with Crippen LogP contribution in [-0.2, 0) is 6.42 Å². The molecule has 142 valence electrons. The van der Waals surface area contributed by atoms with E-state index in [1.165, 1.54) is 12.1 Å². The van der Waals surface area contributed by atoms with E-state index < -0.39 is 12.0 Å². The summed E-state index contributed by atoms with van der Waals surface area (Å²) in [5, 5.41) is 6.15. The SMILES string of the molecule is C=C(NC(Cc1cccc(C(=O)C(F)(F)F)c1)=NC)N/C(=C/CC)CC. The van der Waals surface area contributed by atoms with E-state index in [-0.39, 0.29) is 12.0 Å². The van der Waals surface area contributed by atoms with E-state index in [1.807, 2.05) is 19.9 Å². The van der Waals surface area contributed by atoms with Crippen LogP contribution >= 0.6 is 0 Å². The lowest BCUT2D eigenvalue weighted by Gasteiger charge is -2.16. The molecule has 26 heavy (non-hydrogen) atoms. The number of rotatable bonds is 8. The van der Waals surface area contributed by atoms with Crippen molar-refractivity contribution in [2.45, 2.75) is 39.3 Å². The molecule has 0 aliphatic rings. The van der Waals surface area contributed by atoms with Crippen LogP contribution in [0.3, 0.4) is 0 Å². The third kappa shape index (κ3) is 6.74. The molecule has 1 aromatic carbocycles. The van der Waals surface area contributed by atoms with Gasteiger partial charge in [-0.25, -0.2) is 0 Å². The van der Waals surface area contributed by atoms with Crippen LogP contribution in [0.15, 0.2) is 53.4 Å². The Balaban J connectivity index is 2.82. The number of allylic oxidation sites excluding steroid dienone is 2. The van der Waals surface area contributed by atoms with E-state index >= 15 is 0 Å². The third-order valence-corrected chi connectivity index (χ3v) is 3.53. The second-order valence-corrected chi connectivity index (χ2v) is 5.59. The number of ketones is 1. The van der Waals surface area contributed by atoms with Gasteiger partial charge in [0, 0.05) is 24.7 Å². The second-order valence-electron chi connectivity index (χ2n) is 5.59. The first-order valence-corrected chi connectivity index (χ1v) is 8.29. The van der Waals surface area contributed by atoms with Gasteiger partial charge in [-0.1, -0.05) is 44.7 Å². The smallest absolute Gasteiger partial charge is 0.346 e. The molecule has 1 rings (SSSR count). The summed E-state index contributed by atoms with van der Waals surface area (Å²) in [5.41, 5.74) is 1.17. The van der Waals surface area contributed by atoms with Crippen molar-refractivity contribution in [3.8, 4) is 0 Å². The highest BCUT2D eigenvalue weighted by atomic mass is 19.4. The molecule has 0 atom stereocenters. The molecule has 0 aromatic heterocycles. The van der Waals surface area contributed by atoms with E-state index in [4.69, 9.17) is 0 Å². The van der Waals surface area contributed by atoms with Crippen molar-refractivity contribution in [1.82, 2.24) is 10.6 Å². The molecule has 0 radical (unpaired) electrons. The molecule has 0 aliphatic heterocycles. The van der Waals surface area contributed by atoms with Crippen LogP contribution in [0.1, 0.15) is 42.6 Å². The van der Waals surface area contributed by atoms with E-state index in [0.29, 0.717) is 17.2 Å². The fourth-order valence-corrected chi connectivity index (χ4v) is 2.29. The maximum Gasteiger partial charge on any atom is 0.454 e. The Hall–Kier alpha value is -2.57. The Labute approximate surface area is 151 Å². The predicted octanol–water partition coefficient (Wildman–Crippen LogP) is 4.36. The highest BCUT2D eigenvalue weighted by Crippen LogP contribution is 2.22. The molecule has 1 aromatic rings. The van der Waals surface area contributed by atoms with Crippen molar-refractivity contribution in [1.29, 1.82) is 0 Å². The number of hydrogen-bond acceptors (Lipinski definition) is 3. The highest BCUT2D eigenvalue weighted by molar-refractivity contribution is 6.00. The number of amidine groups is 1. The summed E-state index contributed by atoms with van der Waals surface area (Å²) in [7, 11) is 1.57. The summed E-state index contributed by atoms with van der Waals surface area (Å²) >= 11 is 0. The average Bonchev–Trinajstić information content (AvgIpc) is 2.59. The second kappa shape index (κ2) is 9.79. The molecule has 4 nitrogen and oxygen atoms in total. The van der Waals surface area contributed by atoms with Gasteiger partial charge >= 0.3 is 6.18 Å². The fraction of sp³-hybridized carbons (Fsp3) is 0.368. The van der Waals surface area contributed by atoms with Crippen LogP contribution in [0.4, 0.5) is 13.2 Å². The van der Waals surface area contributed by atoms with Gasteiger partial charge in [0.1, 0.15) is 11.7 Å². The monoisotopic (exact) mass is 367 g/mol. The maximum absolute atomic E-state index is 12.6. The van der Waals surface area contributed by atoms with Crippen molar-refractivity contribution in [2.75, 3.05) is 7.05 Å². The van der Waals surface area contributed by atoms with Gasteiger partial charge in [-0.2, -0.15) is 13.2 Å². The lowest BCUT2D eigenvalue weighted by atomic mass is 10.0. The van der Waals surface area contributed by atoms with Crippen LogP contribution in [0, 0.1) is 0 Å². The topological polar surface area (TPSA) is 53.5 Å². The van der Waals surface area contributed by atoms with Gasteiger partial charge in [0.25, 0.3) is 5.78 Å². The van der Waals surface area contributed by atoms with Gasteiger partial charge in [0.05, 0.1) is 0 Å². The Bertz CT molecular complexity index is 706. The summed E-state index contributed by atoms with van der Waals surface area (Å²) in [6.07, 6.45) is -0.900. The molecule has 0 unspecified atom stereocenters. The molecule has 7 heteroatoms. The minimum Gasteiger partial charge on any atom is -0.346 e. The zero-order valence-corrected chi connectivity index (χ0v) is 15.2. The highest BCUT2D eigenvalue weighted by Gasteiger charge is 2.39. The molecule has 2 N–H and O–H groups in total. The normalized spacial score (nSPS) is 12.7. The average molecular weight is 367 g/mol. The summed E-state index contributed by atoms with van der Waals surface area (Å²) < 4.78 is 37.7. The summed E-state index contributed by atoms with van der Waals surface area (Å²) in [5.74, 6) is -0.814. The van der Waals surface area contributed by atoms with E-state index in [1.54, 1.807) is 13.1 Å². The van der Waals surface area contributed by atoms with Crippen molar-refractivity contribution in [3.63, 3.8) is 0 Å². The zero-order chi connectivity index (χ0) is 19.7. The number of nitrogens with zero attached hydrogens (tertiary/aromatic N) is 1. The van der Waals surface area contributed by atoms with Crippen molar-refractivity contribution >= 4 is 11.6 Å². The standard InChI is InChI=1S/C19H24F3N3O/c1-5-8-16(6-2)24-13(3)25-17(23-4)12-14-9-7-10-15(11-14)18(26)19(20,21)22/h7-11,24H,3,5-6,12H2,1-2,4H3,(H,23,25)/b16-8+. The first-order chi connectivity index (χ1) is 12.2. The molecule has 0 bridgehead atoms. The number of carbonyl (C=O) groups is 1. The van der Waals surface area contributed by atoms with Crippen LogP contribution in [-0.4, -0.2) is 24.8 Å². The number of nitrogens with one attached hydrogen (secondary N) is 2. The van der Waals surface area contributed by atoms with Gasteiger partial charge in [-0.3, -0.25) is 9.79 Å². The predicted molar refractivity (Wildman–Crippen MR) is 98.0 cm³/mol. The van der Waals surface area contributed by atoms with Gasteiger partial charge in [0.15, 0.2) is 0 Å². The molecule has 0 saturated heterocycles. The molecule has 0 aliphatic carbocycles. The Morgan fingerprint density at radius 3 is 2.50 bits per heavy atom. The molecular weight excluding hydrogens is 343 g/mol. The number of hydrogen-bond donors (Lipinski definition) is 2. The van der Waals surface area contributed by atoms with Gasteiger partial charge in [-0.15, -0.1) is 0 Å². The number of Topliss-reactive ketones (excluding diaryl/α,β-unsaturated/α-hetero) is 1. The maximum atomic E-state index is 12.6. The van der Waals surface area contributed by atoms with E-state index in [0.717, 1.165) is 24.6 Å². The van der Waals surface area contributed by atoms with Crippen LogP contribution < -0.4 is 10.6 Å². The van der Waals surface area contributed by atoms with E-state index in [2.05, 4.69) is 22.2 Å². The first kappa shape index (κ1) is 21.5. The number of halogens is 3. The Morgan fingerprint density at radius 2 is 1.96 bits per heavy atom.